The number of aliphatic hydroxyl groups excluding tert-OH is 5. The summed E-state index contributed by atoms with van der Waals surface area (Å²) in [5.41, 5.74) is 0. The van der Waals surface area contributed by atoms with Crippen molar-refractivity contribution < 1.29 is 39.8 Å². The standard InChI is InChI=1S/C72H121NO8/c1-3-5-7-9-11-13-15-17-19-21-23-25-27-28-29-30-31-32-33-34-35-36-37-38-40-42-44-46-48-50-52-54-56-58-60-62-68(76)73-65(64-80-72-71(79)70(78)69(77)67(63-74)81-72)66(75)61-59-57-55-53-51-49-47-45-43-41-39-26-24-22-20-18-16-14-12-10-8-6-4-2/h5,7,11,13,17,19,23,25,28-29,31-32,34-35,37-38,42,44,51,53,59,61,65-67,69-72,74-75,77-79H,3-4,6,8-10,12,14-16,18,20-22,24,26-27,30,33,36,39-41,43,45-50,52,54-58,60,62-64H2,1-2H3,(H,73,76)/b7-5-,13-11-,19-17-,25-23-,29-28-,32-31-,35-34-,38-37-,44-42-,53-51+,61-59+. The summed E-state index contributed by atoms with van der Waals surface area (Å²) in [4.78, 5) is 13.1. The van der Waals surface area contributed by atoms with Crippen molar-refractivity contribution in [3.05, 3.63) is 134 Å². The lowest BCUT2D eigenvalue weighted by Crippen LogP contribution is -2.60. The average molecular weight is 1130 g/mol. The number of carbonyl (C=O) groups excluding carboxylic acids is 1. The van der Waals surface area contributed by atoms with E-state index in [0.717, 1.165) is 109 Å². The summed E-state index contributed by atoms with van der Waals surface area (Å²) in [5.74, 6) is -0.202. The normalized spacial score (nSPS) is 19.3. The molecule has 7 atom stereocenters. The predicted octanol–water partition coefficient (Wildman–Crippen LogP) is 17.6. The Morgan fingerprint density at radius 1 is 0.432 bits per heavy atom. The molecule has 0 aromatic rings. The quantitative estimate of drug-likeness (QED) is 0.0261. The van der Waals surface area contributed by atoms with E-state index in [1.165, 1.54) is 128 Å². The van der Waals surface area contributed by atoms with Crippen LogP contribution in [0, 0.1) is 0 Å². The zero-order valence-electron chi connectivity index (χ0n) is 51.5. The van der Waals surface area contributed by atoms with E-state index < -0.39 is 49.5 Å². The average Bonchev–Trinajstić information content (AvgIpc) is 3.48. The number of aliphatic hydroxyl groups is 5. The maximum absolute atomic E-state index is 13.1. The number of ether oxygens (including phenoxy) is 2. The summed E-state index contributed by atoms with van der Waals surface area (Å²) < 4.78 is 11.3. The molecule has 1 aliphatic rings. The molecule has 1 amide bonds. The van der Waals surface area contributed by atoms with Crippen molar-refractivity contribution in [2.75, 3.05) is 13.2 Å². The number of carbonyl (C=O) groups is 1. The molecular weight excluding hydrogens is 1010 g/mol. The van der Waals surface area contributed by atoms with Crippen molar-refractivity contribution in [3.8, 4) is 0 Å². The van der Waals surface area contributed by atoms with Crippen LogP contribution in [-0.4, -0.2) is 87.5 Å². The first-order valence-corrected chi connectivity index (χ1v) is 32.9. The van der Waals surface area contributed by atoms with Crippen LogP contribution in [-0.2, 0) is 14.3 Å². The second-order valence-corrected chi connectivity index (χ2v) is 22.2. The molecule has 9 nitrogen and oxygen atoms in total. The Kier molecular flexibility index (Phi) is 55.3. The molecule has 81 heavy (non-hydrogen) atoms. The lowest BCUT2D eigenvalue weighted by atomic mass is 9.99. The van der Waals surface area contributed by atoms with Crippen molar-refractivity contribution in [1.82, 2.24) is 5.32 Å². The molecule has 0 radical (unpaired) electrons. The Balaban J connectivity index is 2.22. The van der Waals surface area contributed by atoms with Gasteiger partial charge >= 0.3 is 0 Å². The van der Waals surface area contributed by atoms with Crippen molar-refractivity contribution in [3.63, 3.8) is 0 Å². The van der Waals surface area contributed by atoms with Gasteiger partial charge in [0.05, 0.1) is 25.4 Å². The van der Waals surface area contributed by atoms with E-state index in [2.05, 4.69) is 141 Å². The number of nitrogens with one attached hydrogen (secondary N) is 1. The van der Waals surface area contributed by atoms with Crippen LogP contribution in [0.25, 0.3) is 0 Å². The third-order valence-electron chi connectivity index (χ3n) is 14.7. The van der Waals surface area contributed by atoms with Crippen LogP contribution in [0.5, 0.6) is 0 Å². The van der Waals surface area contributed by atoms with Crippen molar-refractivity contribution in [1.29, 1.82) is 0 Å². The van der Waals surface area contributed by atoms with Gasteiger partial charge in [-0.2, -0.15) is 0 Å². The second-order valence-electron chi connectivity index (χ2n) is 22.2. The minimum atomic E-state index is -1.58. The SMILES string of the molecule is CC/C=C\C/C=C\C/C=C\C/C=C\C/C=C\C/C=C\C/C=C\C/C=C\C/C=C\CCCCCCCCCC(=O)NC(COC1OC(CO)C(O)C(O)C1O)C(O)/C=C/CC/C=C/CCCCCCCCCCCCCCCCCCC. The molecule has 0 spiro atoms. The summed E-state index contributed by atoms with van der Waals surface area (Å²) in [7, 11) is 0. The number of allylic oxidation sites excluding steroid dienone is 21. The minimum absolute atomic E-state index is 0.202. The maximum Gasteiger partial charge on any atom is 0.220 e. The third kappa shape index (κ3) is 48.4. The molecular formula is C72H121NO8. The molecule has 9 heteroatoms. The molecule has 462 valence electrons. The lowest BCUT2D eigenvalue weighted by Gasteiger charge is -2.40. The minimum Gasteiger partial charge on any atom is -0.394 e. The number of unbranched alkanes of at least 4 members (excludes halogenated alkanes) is 25. The summed E-state index contributed by atoms with van der Waals surface area (Å²) in [6, 6.07) is -0.839. The lowest BCUT2D eigenvalue weighted by molar-refractivity contribution is -0.302. The van der Waals surface area contributed by atoms with Gasteiger partial charge < -0.3 is 40.3 Å². The summed E-state index contributed by atoms with van der Waals surface area (Å²) >= 11 is 0. The largest absolute Gasteiger partial charge is 0.394 e. The first-order valence-electron chi connectivity index (χ1n) is 32.9. The van der Waals surface area contributed by atoms with Gasteiger partial charge in [-0.05, 0) is 103 Å². The van der Waals surface area contributed by atoms with Gasteiger partial charge in [-0.3, -0.25) is 4.79 Å². The zero-order valence-corrected chi connectivity index (χ0v) is 51.5. The highest BCUT2D eigenvalue weighted by Gasteiger charge is 2.44. The van der Waals surface area contributed by atoms with Gasteiger partial charge in [-0.15, -0.1) is 0 Å². The number of rotatable bonds is 55. The van der Waals surface area contributed by atoms with E-state index in [-0.39, 0.29) is 12.5 Å². The van der Waals surface area contributed by atoms with Gasteiger partial charge in [-0.25, -0.2) is 0 Å². The van der Waals surface area contributed by atoms with Gasteiger partial charge in [0, 0.05) is 6.42 Å². The Labute approximate surface area is 496 Å². The highest BCUT2D eigenvalue weighted by Crippen LogP contribution is 2.23. The molecule has 0 bridgehead atoms. The number of amides is 1. The molecule has 1 fully saturated rings. The highest BCUT2D eigenvalue weighted by atomic mass is 16.7. The second kappa shape index (κ2) is 59.5. The van der Waals surface area contributed by atoms with Gasteiger partial charge in [0.1, 0.15) is 24.4 Å². The van der Waals surface area contributed by atoms with Gasteiger partial charge in [0.25, 0.3) is 0 Å². The first-order chi connectivity index (χ1) is 39.8. The van der Waals surface area contributed by atoms with Gasteiger partial charge in [0.15, 0.2) is 6.29 Å². The van der Waals surface area contributed by atoms with E-state index in [9.17, 15) is 30.3 Å². The molecule has 1 heterocycles. The van der Waals surface area contributed by atoms with Crippen molar-refractivity contribution in [2.45, 2.75) is 301 Å². The van der Waals surface area contributed by atoms with Crippen molar-refractivity contribution in [2.24, 2.45) is 0 Å². The summed E-state index contributed by atoms with van der Waals surface area (Å²) in [6.45, 7) is 3.65. The molecule has 1 rings (SSSR count). The highest BCUT2D eigenvalue weighted by molar-refractivity contribution is 5.76. The number of hydrogen-bond donors (Lipinski definition) is 6. The van der Waals surface area contributed by atoms with E-state index in [4.69, 9.17) is 9.47 Å². The van der Waals surface area contributed by atoms with Crippen LogP contribution in [0.15, 0.2) is 134 Å². The summed E-state index contributed by atoms with van der Waals surface area (Å²) in [6.07, 6.45) is 83.9. The molecule has 7 unspecified atom stereocenters. The van der Waals surface area contributed by atoms with Crippen LogP contribution in [0.1, 0.15) is 258 Å². The molecule has 1 aliphatic heterocycles. The Hall–Kier alpha value is -3.67. The van der Waals surface area contributed by atoms with Crippen molar-refractivity contribution >= 4 is 5.91 Å². The van der Waals surface area contributed by atoms with Gasteiger partial charge in [0.2, 0.25) is 5.91 Å². The Morgan fingerprint density at radius 3 is 1.19 bits per heavy atom. The predicted molar refractivity (Wildman–Crippen MR) is 345 cm³/mol. The first kappa shape index (κ1) is 75.3. The fraction of sp³-hybridized carbons (Fsp3) is 0.681. The zero-order chi connectivity index (χ0) is 58.6. The van der Waals surface area contributed by atoms with Crippen LogP contribution in [0.4, 0.5) is 0 Å². The molecule has 6 N–H and O–H groups in total. The smallest absolute Gasteiger partial charge is 0.220 e. The third-order valence-corrected chi connectivity index (χ3v) is 14.7. The van der Waals surface area contributed by atoms with Crippen LogP contribution in [0.2, 0.25) is 0 Å². The van der Waals surface area contributed by atoms with E-state index in [0.29, 0.717) is 6.42 Å². The van der Waals surface area contributed by atoms with E-state index >= 15 is 0 Å². The molecule has 1 saturated heterocycles. The summed E-state index contributed by atoms with van der Waals surface area (Å²) in [5, 5.41) is 54.6. The molecule has 0 aromatic heterocycles. The fourth-order valence-corrected chi connectivity index (χ4v) is 9.58. The van der Waals surface area contributed by atoms with E-state index in [1.807, 2.05) is 6.08 Å². The molecule has 0 saturated carbocycles. The van der Waals surface area contributed by atoms with Crippen LogP contribution in [0.3, 0.4) is 0 Å². The molecule has 0 aromatic carbocycles. The van der Waals surface area contributed by atoms with Crippen LogP contribution < -0.4 is 5.32 Å². The Morgan fingerprint density at radius 2 is 0.778 bits per heavy atom. The monoisotopic (exact) mass is 1130 g/mol. The van der Waals surface area contributed by atoms with Crippen LogP contribution >= 0.6 is 0 Å². The molecule has 0 aliphatic carbocycles. The topological polar surface area (TPSA) is 149 Å². The van der Waals surface area contributed by atoms with Gasteiger partial charge in [-0.1, -0.05) is 282 Å². The maximum atomic E-state index is 13.1. The van der Waals surface area contributed by atoms with E-state index in [1.54, 1.807) is 6.08 Å². The Bertz CT molecular complexity index is 1740. The fourth-order valence-electron chi connectivity index (χ4n) is 9.58. The number of hydrogen-bond acceptors (Lipinski definition) is 8.